The maximum Gasteiger partial charge on any atom is 0.418 e. The van der Waals surface area contributed by atoms with Gasteiger partial charge in [-0.3, -0.25) is 9.78 Å². The fourth-order valence-corrected chi connectivity index (χ4v) is 4.36. The van der Waals surface area contributed by atoms with E-state index in [1.165, 1.54) is 12.3 Å². The van der Waals surface area contributed by atoms with E-state index in [1.807, 2.05) is 0 Å². The first kappa shape index (κ1) is 19.9. The standard InChI is InChI=1S/C21H25F3N4O/c1-13-7-15(27-19(29)8-14-9-25-10-14)12-28(11-13)18-5-4-17(21(22,23)24)20-16(18)3-2-6-26-20/h2-6,13-15,25H,7-12H2,1H3,(H,27,29). The Morgan fingerprint density at radius 1 is 1.28 bits per heavy atom. The van der Waals surface area contributed by atoms with Crippen LogP contribution >= 0.6 is 0 Å². The number of pyridine rings is 1. The highest BCUT2D eigenvalue weighted by Gasteiger charge is 2.35. The number of aromatic nitrogens is 1. The molecule has 4 rings (SSSR count). The zero-order chi connectivity index (χ0) is 20.6. The summed E-state index contributed by atoms with van der Waals surface area (Å²) in [5, 5.41) is 6.78. The Morgan fingerprint density at radius 2 is 2.07 bits per heavy atom. The van der Waals surface area contributed by atoms with Crippen molar-refractivity contribution in [1.82, 2.24) is 15.6 Å². The van der Waals surface area contributed by atoms with Gasteiger partial charge in [0.15, 0.2) is 0 Å². The molecule has 1 aromatic carbocycles. The molecule has 0 aliphatic carbocycles. The molecule has 0 spiro atoms. The van der Waals surface area contributed by atoms with E-state index in [9.17, 15) is 18.0 Å². The molecule has 3 heterocycles. The highest BCUT2D eigenvalue weighted by atomic mass is 19.4. The molecule has 2 fully saturated rings. The summed E-state index contributed by atoms with van der Waals surface area (Å²) in [4.78, 5) is 18.4. The van der Waals surface area contributed by atoms with Crippen LogP contribution in [-0.2, 0) is 11.0 Å². The van der Waals surface area contributed by atoms with Crippen molar-refractivity contribution in [1.29, 1.82) is 0 Å². The van der Waals surface area contributed by atoms with Gasteiger partial charge in [0.1, 0.15) is 0 Å². The topological polar surface area (TPSA) is 57.3 Å². The number of halogens is 3. The van der Waals surface area contributed by atoms with Crippen LogP contribution in [0.5, 0.6) is 0 Å². The molecule has 1 aromatic heterocycles. The van der Waals surface area contributed by atoms with Crippen molar-refractivity contribution in [2.24, 2.45) is 11.8 Å². The zero-order valence-electron chi connectivity index (χ0n) is 16.3. The Hall–Kier alpha value is -2.35. The van der Waals surface area contributed by atoms with Crippen molar-refractivity contribution in [3.8, 4) is 0 Å². The van der Waals surface area contributed by atoms with E-state index in [0.29, 0.717) is 30.2 Å². The van der Waals surface area contributed by atoms with Gasteiger partial charge in [-0.25, -0.2) is 0 Å². The van der Waals surface area contributed by atoms with Crippen molar-refractivity contribution in [2.45, 2.75) is 32.0 Å². The second kappa shape index (κ2) is 7.82. The van der Waals surface area contributed by atoms with Gasteiger partial charge in [-0.05, 0) is 55.6 Å². The highest BCUT2D eigenvalue weighted by Crippen LogP contribution is 2.38. The predicted molar refractivity (Wildman–Crippen MR) is 106 cm³/mol. The van der Waals surface area contributed by atoms with Crippen molar-refractivity contribution in [3.05, 3.63) is 36.0 Å². The van der Waals surface area contributed by atoms with Crippen LogP contribution in [0.4, 0.5) is 18.9 Å². The highest BCUT2D eigenvalue weighted by molar-refractivity contribution is 5.94. The number of carbonyl (C=O) groups excluding carboxylic acids is 1. The Morgan fingerprint density at radius 3 is 2.76 bits per heavy atom. The molecule has 1 amide bonds. The molecule has 2 aromatic rings. The molecule has 29 heavy (non-hydrogen) atoms. The molecular formula is C21H25F3N4O. The SMILES string of the molecule is CC1CC(NC(=O)CC2CNC2)CN(c2ccc(C(F)(F)F)c3ncccc23)C1. The summed E-state index contributed by atoms with van der Waals surface area (Å²) >= 11 is 0. The summed E-state index contributed by atoms with van der Waals surface area (Å²) < 4.78 is 40.2. The fraction of sp³-hybridized carbons (Fsp3) is 0.524. The molecule has 2 unspecified atom stereocenters. The summed E-state index contributed by atoms with van der Waals surface area (Å²) in [7, 11) is 0. The van der Waals surface area contributed by atoms with Gasteiger partial charge in [0.05, 0.1) is 11.1 Å². The number of anilines is 1. The quantitative estimate of drug-likeness (QED) is 0.819. The number of fused-ring (bicyclic) bond motifs is 1. The lowest BCUT2D eigenvalue weighted by molar-refractivity contribution is -0.136. The molecule has 2 atom stereocenters. The Labute approximate surface area is 167 Å². The lowest BCUT2D eigenvalue weighted by Gasteiger charge is -2.39. The van der Waals surface area contributed by atoms with E-state index < -0.39 is 11.7 Å². The number of alkyl halides is 3. The first-order chi connectivity index (χ1) is 13.8. The summed E-state index contributed by atoms with van der Waals surface area (Å²) in [5.74, 6) is 0.764. The molecule has 0 bridgehead atoms. The average Bonchev–Trinajstić information content (AvgIpc) is 2.62. The second-order valence-electron chi connectivity index (χ2n) is 8.27. The van der Waals surface area contributed by atoms with Gasteiger partial charge >= 0.3 is 6.18 Å². The Kier molecular flexibility index (Phi) is 5.38. The van der Waals surface area contributed by atoms with Crippen LogP contribution in [0.2, 0.25) is 0 Å². The van der Waals surface area contributed by atoms with Gasteiger partial charge in [-0.2, -0.15) is 13.2 Å². The third kappa shape index (κ3) is 4.32. The maximum absolute atomic E-state index is 13.4. The van der Waals surface area contributed by atoms with Crippen LogP contribution in [0.15, 0.2) is 30.5 Å². The van der Waals surface area contributed by atoms with E-state index in [-0.39, 0.29) is 17.5 Å². The molecule has 2 saturated heterocycles. The van der Waals surface area contributed by atoms with Crippen LogP contribution in [0.25, 0.3) is 10.9 Å². The number of hydrogen-bond donors (Lipinski definition) is 2. The van der Waals surface area contributed by atoms with Gasteiger partial charge < -0.3 is 15.5 Å². The molecular weight excluding hydrogens is 381 g/mol. The van der Waals surface area contributed by atoms with Crippen molar-refractivity contribution in [2.75, 3.05) is 31.1 Å². The minimum absolute atomic E-state index is 0.0201. The smallest absolute Gasteiger partial charge is 0.369 e. The van der Waals surface area contributed by atoms with E-state index >= 15 is 0 Å². The van der Waals surface area contributed by atoms with Crippen molar-refractivity contribution >= 4 is 22.5 Å². The van der Waals surface area contributed by atoms with E-state index in [0.717, 1.165) is 37.8 Å². The molecule has 2 N–H and O–H groups in total. The molecule has 2 aliphatic heterocycles. The van der Waals surface area contributed by atoms with E-state index in [2.05, 4.69) is 27.4 Å². The number of rotatable bonds is 4. The Bertz CT molecular complexity index is 897. The third-order valence-electron chi connectivity index (χ3n) is 5.76. The number of nitrogens with zero attached hydrogens (tertiary/aromatic N) is 2. The van der Waals surface area contributed by atoms with Gasteiger partial charge in [0.2, 0.25) is 5.91 Å². The summed E-state index contributed by atoms with van der Waals surface area (Å²) in [6, 6.07) is 5.97. The monoisotopic (exact) mass is 406 g/mol. The number of amides is 1. The van der Waals surface area contributed by atoms with Crippen LogP contribution in [-0.4, -0.2) is 43.1 Å². The number of benzene rings is 1. The molecule has 8 heteroatoms. The van der Waals surface area contributed by atoms with Gasteiger partial charge in [0.25, 0.3) is 0 Å². The second-order valence-corrected chi connectivity index (χ2v) is 8.27. The van der Waals surface area contributed by atoms with Gasteiger partial charge in [-0.1, -0.05) is 6.92 Å². The van der Waals surface area contributed by atoms with Gasteiger partial charge in [-0.15, -0.1) is 0 Å². The zero-order valence-corrected chi connectivity index (χ0v) is 16.3. The third-order valence-corrected chi connectivity index (χ3v) is 5.76. The van der Waals surface area contributed by atoms with E-state index in [1.54, 1.807) is 12.1 Å². The molecule has 0 saturated carbocycles. The average molecular weight is 406 g/mol. The first-order valence-electron chi connectivity index (χ1n) is 10.0. The molecule has 156 valence electrons. The number of carbonyl (C=O) groups is 1. The van der Waals surface area contributed by atoms with Crippen LogP contribution in [0.3, 0.4) is 0 Å². The normalized spacial score (nSPS) is 23.1. The predicted octanol–water partition coefficient (Wildman–Crippen LogP) is 3.19. The van der Waals surface area contributed by atoms with Crippen LogP contribution in [0, 0.1) is 11.8 Å². The lowest BCUT2D eigenvalue weighted by atomic mass is 9.93. The largest absolute Gasteiger partial charge is 0.418 e. The summed E-state index contributed by atoms with van der Waals surface area (Å²) in [6.45, 7) is 5.17. The number of nitrogens with one attached hydrogen (secondary N) is 2. The van der Waals surface area contributed by atoms with Crippen molar-refractivity contribution < 1.29 is 18.0 Å². The van der Waals surface area contributed by atoms with Crippen molar-refractivity contribution in [3.63, 3.8) is 0 Å². The number of piperidine rings is 1. The summed E-state index contributed by atoms with van der Waals surface area (Å²) in [6.07, 6.45) is -1.68. The molecule has 2 aliphatic rings. The molecule has 0 radical (unpaired) electrons. The van der Waals surface area contributed by atoms with Crippen LogP contribution in [0.1, 0.15) is 25.3 Å². The summed E-state index contributed by atoms with van der Waals surface area (Å²) in [5.41, 5.74) is -0.0234. The maximum atomic E-state index is 13.4. The van der Waals surface area contributed by atoms with Crippen LogP contribution < -0.4 is 15.5 Å². The lowest BCUT2D eigenvalue weighted by Crippen LogP contribution is -2.52. The first-order valence-corrected chi connectivity index (χ1v) is 10.0. The van der Waals surface area contributed by atoms with Gasteiger partial charge in [0, 0.05) is 42.8 Å². The minimum atomic E-state index is -4.45. The Balaban J connectivity index is 1.57. The fourth-order valence-electron chi connectivity index (χ4n) is 4.36. The molecule has 5 nitrogen and oxygen atoms in total. The number of hydrogen-bond acceptors (Lipinski definition) is 4. The minimum Gasteiger partial charge on any atom is -0.369 e. The van der Waals surface area contributed by atoms with E-state index in [4.69, 9.17) is 0 Å².